The molecule has 0 heterocycles. The number of esters is 1. The minimum absolute atomic E-state index is 0.0571. The summed E-state index contributed by atoms with van der Waals surface area (Å²) in [5.74, 6) is 0.464. The molecule has 0 fully saturated rings. The fraction of sp³-hybridized carbons (Fsp3) is 0.344. The summed E-state index contributed by atoms with van der Waals surface area (Å²) in [6.45, 7) is 9.90. The Balaban J connectivity index is 1.44. The molecule has 7 nitrogen and oxygen atoms in total. The van der Waals surface area contributed by atoms with Crippen LogP contribution in [0.15, 0.2) is 60.7 Å². The van der Waals surface area contributed by atoms with E-state index < -0.39 is 18.5 Å². The molecule has 3 rings (SSSR count). The smallest absolute Gasteiger partial charge is 0.306 e. The molecular formula is C32H38N2O5. The van der Waals surface area contributed by atoms with E-state index in [4.69, 9.17) is 9.47 Å². The highest BCUT2D eigenvalue weighted by molar-refractivity contribution is 5.95. The Kier molecular flexibility index (Phi) is 10.7. The van der Waals surface area contributed by atoms with E-state index in [1.165, 1.54) is 0 Å². The molecule has 0 bridgehead atoms. The summed E-state index contributed by atoms with van der Waals surface area (Å²) in [6.07, 6.45) is 1.37. The van der Waals surface area contributed by atoms with E-state index in [1.807, 2.05) is 45.0 Å². The van der Waals surface area contributed by atoms with Gasteiger partial charge in [0.2, 0.25) is 5.91 Å². The second-order valence-corrected chi connectivity index (χ2v) is 9.74. The van der Waals surface area contributed by atoms with Crippen LogP contribution in [0.4, 0.5) is 11.4 Å². The minimum atomic E-state index is -0.609. The van der Waals surface area contributed by atoms with Crippen molar-refractivity contribution in [3.05, 3.63) is 82.9 Å². The van der Waals surface area contributed by atoms with E-state index in [0.717, 1.165) is 46.5 Å². The molecule has 3 aromatic carbocycles. The SMILES string of the molecule is CCc1cccc(CC)c1NC(=O)COC(=O)CCC(=O)Nc1ccc(Oc2cc(C)ccc2C(C)C)cc1. The Hall–Kier alpha value is -4.13. The Morgan fingerprint density at radius 3 is 2.10 bits per heavy atom. The number of carbonyl (C=O) groups excluding carboxylic acids is 3. The summed E-state index contributed by atoms with van der Waals surface area (Å²) in [5.41, 5.74) is 5.67. The molecule has 0 aromatic heterocycles. The van der Waals surface area contributed by atoms with E-state index >= 15 is 0 Å². The molecule has 39 heavy (non-hydrogen) atoms. The quantitative estimate of drug-likeness (QED) is 0.248. The molecule has 0 atom stereocenters. The fourth-order valence-corrected chi connectivity index (χ4v) is 4.18. The summed E-state index contributed by atoms with van der Waals surface area (Å²) < 4.78 is 11.2. The van der Waals surface area contributed by atoms with E-state index in [-0.39, 0.29) is 18.7 Å². The summed E-state index contributed by atoms with van der Waals surface area (Å²) in [5, 5.41) is 5.63. The molecule has 3 aromatic rings. The number of ether oxygens (including phenoxy) is 2. The van der Waals surface area contributed by atoms with Crippen molar-refractivity contribution >= 4 is 29.2 Å². The topological polar surface area (TPSA) is 93.7 Å². The molecule has 0 aliphatic heterocycles. The molecule has 0 saturated carbocycles. The van der Waals surface area contributed by atoms with Crippen molar-refractivity contribution in [1.82, 2.24) is 0 Å². The zero-order valence-electron chi connectivity index (χ0n) is 23.4. The van der Waals surface area contributed by atoms with Crippen molar-refractivity contribution in [2.24, 2.45) is 0 Å². The Morgan fingerprint density at radius 1 is 0.821 bits per heavy atom. The molecular weight excluding hydrogens is 492 g/mol. The highest BCUT2D eigenvalue weighted by atomic mass is 16.5. The first-order chi connectivity index (χ1) is 18.7. The average Bonchev–Trinajstić information content (AvgIpc) is 2.91. The standard InChI is InChI=1S/C32H38N2O5/c1-6-23-9-8-10-24(7-2)32(23)34-30(36)20-38-31(37)18-17-29(35)33-25-12-14-26(15-13-25)39-28-19-22(5)11-16-27(28)21(3)4/h8-16,19,21H,6-7,17-18,20H2,1-5H3,(H,33,35)(H,34,36). The molecule has 0 radical (unpaired) electrons. The molecule has 0 saturated heterocycles. The lowest BCUT2D eigenvalue weighted by Crippen LogP contribution is -2.23. The van der Waals surface area contributed by atoms with Gasteiger partial charge in [-0.1, -0.05) is 58.0 Å². The molecule has 0 aliphatic carbocycles. The molecule has 2 N–H and O–H groups in total. The zero-order chi connectivity index (χ0) is 28.4. The first kappa shape index (κ1) is 29.4. The van der Waals surface area contributed by atoms with Crippen LogP contribution in [0.1, 0.15) is 68.7 Å². The van der Waals surface area contributed by atoms with Gasteiger partial charge in [-0.05, 0) is 78.3 Å². The van der Waals surface area contributed by atoms with E-state index in [2.05, 4.69) is 36.6 Å². The van der Waals surface area contributed by atoms with Gasteiger partial charge in [-0.25, -0.2) is 0 Å². The van der Waals surface area contributed by atoms with Gasteiger partial charge in [-0.15, -0.1) is 0 Å². The van der Waals surface area contributed by atoms with Gasteiger partial charge < -0.3 is 20.1 Å². The fourth-order valence-electron chi connectivity index (χ4n) is 4.18. The Morgan fingerprint density at radius 2 is 1.49 bits per heavy atom. The van der Waals surface area contributed by atoms with Crippen LogP contribution in [0.25, 0.3) is 0 Å². The monoisotopic (exact) mass is 530 g/mol. The Bertz CT molecular complexity index is 1280. The molecule has 206 valence electrons. The third-order valence-electron chi connectivity index (χ3n) is 6.34. The number of aryl methyl sites for hydroxylation is 3. The van der Waals surface area contributed by atoms with Gasteiger partial charge >= 0.3 is 5.97 Å². The maximum atomic E-state index is 12.4. The van der Waals surface area contributed by atoms with Crippen molar-refractivity contribution in [3.8, 4) is 11.5 Å². The van der Waals surface area contributed by atoms with E-state index in [9.17, 15) is 14.4 Å². The first-order valence-electron chi connectivity index (χ1n) is 13.4. The van der Waals surface area contributed by atoms with Crippen molar-refractivity contribution in [3.63, 3.8) is 0 Å². The minimum Gasteiger partial charge on any atom is -0.457 e. The van der Waals surface area contributed by atoms with Crippen LogP contribution < -0.4 is 15.4 Å². The normalized spacial score (nSPS) is 10.7. The van der Waals surface area contributed by atoms with Crippen LogP contribution in [0.2, 0.25) is 0 Å². The van der Waals surface area contributed by atoms with E-state index in [0.29, 0.717) is 17.4 Å². The maximum Gasteiger partial charge on any atom is 0.306 e. The molecule has 2 amide bonds. The van der Waals surface area contributed by atoms with Crippen LogP contribution in [0, 0.1) is 6.92 Å². The third-order valence-corrected chi connectivity index (χ3v) is 6.34. The number of para-hydroxylation sites is 1. The van der Waals surface area contributed by atoms with Gasteiger partial charge in [-0.2, -0.15) is 0 Å². The number of carbonyl (C=O) groups is 3. The lowest BCUT2D eigenvalue weighted by atomic mass is 10.0. The Labute approximate surface area is 230 Å². The average molecular weight is 531 g/mol. The van der Waals surface area contributed by atoms with Crippen molar-refractivity contribution in [2.45, 2.75) is 66.2 Å². The number of nitrogens with one attached hydrogen (secondary N) is 2. The second kappa shape index (κ2) is 14.1. The van der Waals surface area contributed by atoms with Gasteiger partial charge in [-0.3, -0.25) is 14.4 Å². The van der Waals surface area contributed by atoms with Crippen LogP contribution in [-0.2, 0) is 32.0 Å². The predicted octanol–water partition coefficient (Wildman–Crippen LogP) is 6.94. The lowest BCUT2D eigenvalue weighted by Gasteiger charge is -2.15. The number of rotatable bonds is 12. The third kappa shape index (κ3) is 8.70. The highest BCUT2D eigenvalue weighted by Crippen LogP contribution is 2.32. The number of anilines is 2. The molecule has 0 aliphatic rings. The summed E-state index contributed by atoms with van der Waals surface area (Å²) in [6, 6.07) is 19.1. The van der Waals surface area contributed by atoms with Crippen LogP contribution in [0.3, 0.4) is 0 Å². The van der Waals surface area contributed by atoms with Gasteiger partial charge in [0.25, 0.3) is 5.91 Å². The van der Waals surface area contributed by atoms with E-state index in [1.54, 1.807) is 24.3 Å². The first-order valence-corrected chi connectivity index (χ1v) is 13.4. The van der Waals surface area contributed by atoms with Gasteiger partial charge in [0.1, 0.15) is 11.5 Å². The second-order valence-electron chi connectivity index (χ2n) is 9.74. The summed E-state index contributed by atoms with van der Waals surface area (Å²) >= 11 is 0. The van der Waals surface area contributed by atoms with Crippen LogP contribution >= 0.6 is 0 Å². The predicted molar refractivity (Wildman–Crippen MR) is 154 cm³/mol. The van der Waals surface area contributed by atoms with Gasteiger partial charge in [0.15, 0.2) is 6.61 Å². The summed E-state index contributed by atoms with van der Waals surface area (Å²) in [4.78, 5) is 36.8. The molecule has 0 unspecified atom stereocenters. The van der Waals surface area contributed by atoms with Gasteiger partial charge in [0.05, 0.1) is 6.42 Å². The number of benzene rings is 3. The largest absolute Gasteiger partial charge is 0.457 e. The van der Waals surface area contributed by atoms with Crippen LogP contribution in [-0.4, -0.2) is 24.4 Å². The van der Waals surface area contributed by atoms with Crippen molar-refractivity contribution < 1.29 is 23.9 Å². The van der Waals surface area contributed by atoms with Crippen molar-refractivity contribution in [1.29, 1.82) is 0 Å². The maximum absolute atomic E-state index is 12.4. The van der Waals surface area contributed by atoms with Crippen LogP contribution in [0.5, 0.6) is 11.5 Å². The van der Waals surface area contributed by atoms with Crippen molar-refractivity contribution in [2.75, 3.05) is 17.2 Å². The summed E-state index contributed by atoms with van der Waals surface area (Å²) in [7, 11) is 0. The van der Waals surface area contributed by atoms with Gasteiger partial charge in [0, 0.05) is 17.8 Å². The zero-order valence-corrected chi connectivity index (χ0v) is 23.4. The lowest BCUT2D eigenvalue weighted by molar-refractivity contribution is -0.147. The molecule has 0 spiro atoms. The number of hydrogen-bond acceptors (Lipinski definition) is 5. The number of amides is 2. The number of hydrogen-bond donors (Lipinski definition) is 2. The molecule has 7 heteroatoms. The highest BCUT2D eigenvalue weighted by Gasteiger charge is 2.14.